The maximum atomic E-state index is 5.92. The fraction of sp³-hybridized carbons (Fsp3) is 0.176. The number of H-pyrrole nitrogens is 1. The van der Waals surface area contributed by atoms with E-state index < -0.39 is 0 Å². The molecule has 0 bridgehead atoms. The predicted octanol–water partition coefficient (Wildman–Crippen LogP) is 4.36. The van der Waals surface area contributed by atoms with E-state index in [-0.39, 0.29) is 0 Å². The Bertz CT molecular complexity index is 692. The topological polar surface area (TPSA) is 25.0 Å². The lowest BCUT2D eigenvalue weighted by Crippen LogP contribution is -2.00. The zero-order valence-electron chi connectivity index (χ0n) is 11.2. The number of aromatic amines is 1. The second kappa shape index (κ2) is 4.81. The molecule has 0 atom stereocenters. The summed E-state index contributed by atoms with van der Waals surface area (Å²) in [7, 11) is 0. The van der Waals surface area contributed by atoms with E-state index in [1.807, 2.05) is 12.3 Å². The van der Waals surface area contributed by atoms with Crippen molar-refractivity contribution in [1.29, 1.82) is 0 Å². The summed E-state index contributed by atoms with van der Waals surface area (Å²) in [5, 5.41) is 1.18. The second-order valence-corrected chi connectivity index (χ2v) is 4.89. The van der Waals surface area contributed by atoms with Gasteiger partial charge in [0.1, 0.15) is 12.4 Å². The van der Waals surface area contributed by atoms with E-state index >= 15 is 0 Å². The molecule has 0 radical (unpaired) electrons. The standard InChI is InChI=1S/C17H17NO/c1-12-4-3-5-13(2)16(12)11-19-15-6-7-17-14(10-15)8-9-18-17/h3-10,18H,11H2,1-2H3. The molecule has 0 unspecified atom stereocenters. The minimum Gasteiger partial charge on any atom is -0.489 e. The van der Waals surface area contributed by atoms with E-state index in [0.29, 0.717) is 6.61 Å². The van der Waals surface area contributed by atoms with Crippen LogP contribution >= 0.6 is 0 Å². The van der Waals surface area contributed by atoms with Crippen molar-refractivity contribution < 1.29 is 4.74 Å². The monoisotopic (exact) mass is 251 g/mol. The van der Waals surface area contributed by atoms with Gasteiger partial charge in [0.05, 0.1) is 0 Å². The van der Waals surface area contributed by atoms with Crippen LogP contribution in [0.15, 0.2) is 48.7 Å². The van der Waals surface area contributed by atoms with Gasteiger partial charge < -0.3 is 9.72 Å². The van der Waals surface area contributed by atoms with E-state index in [1.165, 1.54) is 22.1 Å². The molecular formula is C17H17NO. The van der Waals surface area contributed by atoms with Gasteiger partial charge in [-0.1, -0.05) is 18.2 Å². The smallest absolute Gasteiger partial charge is 0.120 e. The van der Waals surface area contributed by atoms with Gasteiger partial charge in [0.2, 0.25) is 0 Å². The molecule has 0 aliphatic rings. The molecule has 0 fully saturated rings. The first-order chi connectivity index (χ1) is 9.24. The number of aromatic nitrogens is 1. The molecular weight excluding hydrogens is 234 g/mol. The zero-order chi connectivity index (χ0) is 13.2. The summed E-state index contributed by atoms with van der Waals surface area (Å²) >= 11 is 0. The van der Waals surface area contributed by atoms with Crippen molar-refractivity contribution in [2.45, 2.75) is 20.5 Å². The van der Waals surface area contributed by atoms with Crippen molar-refractivity contribution in [3.63, 3.8) is 0 Å². The van der Waals surface area contributed by atoms with Crippen LogP contribution < -0.4 is 4.74 Å². The van der Waals surface area contributed by atoms with Crippen LogP contribution in [0, 0.1) is 13.8 Å². The van der Waals surface area contributed by atoms with Gasteiger partial charge >= 0.3 is 0 Å². The lowest BCUT2D eigenvalue weighted by atomic mass is 10.0. The summed E-state index contributed by atoms with van der Waals surface area (Å²) in [4.78, 5) is 3.18. The summed E-state index contributed by atoms with van der Waals surface area (Å²) in [6.45, 7) is 4.87. The van der Waals surface area contributed by atoms with Crippen LogP contribution in [-0.4, -0.2) is 4.98 Å². The van der Waals surface area contributed by atoms with E-state index in [2.05, 4.69) is 55.2 Å². The highest BCUT2D eigenvalue weighted by Gasteiger charge is 2.04. The third-order valence-electron chi connectivity index (χ3n) is 3.55. The molecule has 96 valence electrons. The van der Waals surface area contributed by atoms with Crippen molar-refractivity contribution >= 4 is 10.9 Å². The predicted molar refractivity (Wildman–Crippen MR) is 78.5 cm³/mol. The summed E-state index contributed by atoms with van der Waals surface area (Å²) < 4.78 is 5.92. The van der Waals surface area contributed by atoms with E-state index in [1.54, 1.807) is 0 Å². The lowest BCUT2D eigenvalue weighted by molar-refractivity contribution is 0.305. The Kier molecular flexibility index (Phi) is 3.00. The maximum Gasteiger partial charge on any atom is 0.120 e. The first-order valence-corrected chi connectivity index (χ1v) is 6.49. The average molecular weight is 251 g/mol. The number of ether oxygens (including phenoxy) is 1. The second-order valence-electron chi connectivity index (χ2n) is 4.89. The number of hydrogen-bond acceptors (Lipinski definition) is 1. The third kappa shape index (κ3) is 2.34. The molecule has 0 aliphatic carbocycles. The van der Waals surface area contributed by atoms with Gasteiger partial charge in [0.25, 0.3) is 0 Å². The highest BCUT2D eigenvalue weighted by atomic mass is 16.5. The van der Waals surface area contributed by atoms with Gasteiger partial charge in [0, 0.05) is 17.1 Å². The fourth-order valence-electron chi connectivity index (χ4n) is 2.35. The third-order valence-corrected chi connectivity index (χ3v) is 3.55. The SMILES string of the molecule is Cc1cccc(C)c1COc1ccc2[nH]ccc2c1. The van der Waals surface area contributed by atoms with E-state index in [9.17, 15) is 0 Å². The number of nitrogens with one attached hydrogen (secondary N) is 1. The maximum absolute atomic E-state index is 5.92. The van der Waals surface area contributed by atoms with Crippen LogP contribution in [-0.2, 0) is 6.61 Å². The van der Waals surface area contributed by atoms with Crippen molar-refractivity contribution in [2.24, 2.45) is 0 Å². The molecule has 0 saturated heterocycles. The number of rotatable bonds is 3. The van der Waals surface area contributed by atoms with Gasteiger partial charge in [-0.25, -0.2) is 0 Å². The molecule has 2 heteroatoms. The minimum atomic E-state index is 0.619. The molecule has 0 saturated carbocycles. The number of benzene rings is 2. The molecule has 0 spiro atoms. The largest absolute Gasteiger partial charge is 0.489 e. The quantitative estimate of drug-likeness (QED) is 0.735. The van der Waals surface area contributed by atoms with Crippen LogP contribution in [0.5, 0.6) is 5.75 Å². The summed E-state index contributed by atoms with van der Waals surface area (Å²) in [6.07, 6.45) is 1.94. The molecule has 3 rings (SSSR count). The molecule has 1 heterocycles. The van der Waals surface area contributed by atoms with Crippen LogP contribution in [0.25, 0.3) is 10.9 Å². The first-order valence-electron chi connectivity index (χ1n) is 6.49. The van der Waals surface area contributed by atoms with Crippen molar-refractivity contribution in [3.05, 3.63) is 65.4 Å². The summed E-state index contributed by atoms with van der Waals surface area (Å²) in [5.74, 6) is 0.912. The molecule has 1 aromatic heterocycles. The summed E-state index contributed by atoms with van der Waals surface area (Å²) in [6, 6.07) is 14.5. The zero-order valence-corrected chi connectivity index (χ0v) is 11.2. The van der Waals surface area contributed by atoms with Crippen LogP contribution in [0.3, 0.4) is 0 Å². The first kappa shape index (κ1) is 11.8. The number of aryl methyl sites for hydroxylation is 2. The van der Waals surface area contributed by atoms with E-state index in [4.69, 9.17) is 4.74 Å². The average Bonchev–Trinajstić information content (AvgIpc) is 2.85. The van der Waals surface area contributed by atoms with Crippen molar-refractivity contribution in [2.75, 3.05) is 0 Å². The van der Waals surface area contributed by atoms with Gasteiger partial charge in [0.15, 0.2) is 0 Å². The molecule has 0 amide bonds. The Morgan fingerprint density at radius 1 is 1.00 bits per heavy atom. The number of fused-ring (bicyclic) bond motifs is 1. The number of hydrogen-bond donors (Lipinski definition) is 1. The molecule has 1 N–H and O–H groups in total. The van der Waals surface area contributed by atoms with Crippen molar-refractivity contribution in [1.82, 2.24) is 4.98 Å². The molecule has 19 heavy (non-hydrogen) atoms. The Morgan fingerprint density at radius 2 is 1.79 bits per heavy atom. The molecule has 3 aromatic rings. The van der Waals surface area contributed by atoms with Gasteiger partial charge in [-0.05, 0) is 54.8 Å². The normalized spacial score (nSPS) is 10.8. The highest BCUT2D eigenvalue weighted by molar-refractivity contribution is 5.80. The Morgan fingerprint density at radius 3 is 2.58 bits per heavy atom. The van der Waals surface area contributed by atoms with Gasteiger partial charge in [-0.3, -0.25) is 0 Å². The Balaban J connectivity index is 1.82. The van der Waals surface area contributed by atoms with Gasteiger partial charge in [-0.2, -0.15) is 0 Å². The molecule has 2 nitrogen and oxygen atoms in total. The lowest BCUT2D eigenvalue weighted by Gasteiger charge is -2.11. The summed E-state index contributed by atoms with van der Waals surface area (Å²) in [5.41, 5.74) is 4.97. The van der Waals surface area contributed by atoms with E-state index in [0.717, 1.165) is 11.3 Å². The molecule has 2 aromatic carbocycles. The fourth-order valence-corrected chi connectivity index (χ4v) is 2.35. The highest BCUT2D eigenvalue weighted by Crippen LogP contribution is 2.22. The van der Waals surface area contributed by atoms with Crippen molar-refractivity contribution in [3.8, 4) is 5.75 Å². The van der Waals surface area contributed by atoms with Crippen LogP contribution in [0.4, 0.5) is 0 Å². The van der Waals surface area contributed by atoms with Crippen LogP contribution in [0.1, 0.15) is 16.7 Å². The van der Waals surface area contributed by atoms with Crippen LogP contribution in [0.2, 0.25) is 0 Å². The Hall–Kier alpha value is -2.22. The van der Waals surface area contributed by atoms with Gasteiger partial charge in [-0.15, -0.1) is 0 Å². The minimum absolute atomic E-state index is 0.619. The molecule has 0 aliphatic heterocycles. The Labute approximate surface area is 113 Å².